The molecule has 0 aliphatic heterocycles. The number of aromatic nitrogens is 2. The fourth-order valence-electron chi connectivity index (χ4n) is 2.70. The number of hydrogen-bond acceptors (Lipinski definition) is 4. The highest BCUT2D eigenvalue weighted by Gasteiger charge is 2.28. The molecule has 3 aromatic rings. The van der Waals surface area contributed by atoms with Gasteiger partial charge in [0.05, 0.1) is 11.2 Å². The summed E-state index contributed by atoms with van der Waals surface area (Å²) in [5.41, 5.74) is 1.09. The lowest BCUT2D eigenvalue weighted by atomic mass is 9.93. The molecule has 0 fully saturated rings. The number of para-hydroxylation sites is 1. The SMILES string of the molecule is O=C(O)C1=Cc2nc3ccccc3c3ccnc(c23)C1=O. The topological polar surface area (TPSA) is 80.2 Å². The summed E-state index contributed by atoms with van der Waals surface area (Å²) in [5.74, 6) is -1.84. The molecule has 0 spiro atoms. The van der Waals surface area contributed by atoms with Crippen molar-refractivity contribution >= 4 is 39.5 Å². The van der Waals surface area contributed by atoms with E-state index >= 15 is 0 Å². The summed E-state index contributed by atoms with van der Waals surface area (Å²) in [5, 5.41) is 11.5. The number of aliphatic carboxylic acids is 1. The molecular formula is C16H8N2O3. The van der Waals surface area contributed by atoms with Crippen LogP contribution in [0.2, 0.25) is 0 Å². The number of carbonyl (C=O) groups is 2. The van der Waals surface area contributed by atoms with Crippen LogP contribution in [-0.2, 0) is 4.79 Å². The second kappa shape index (κ2) is 3.96. The van der Waals surface area contributed by atoms with Gasteiger partial charge in [0.25, 0.3) is 0 Å². The Hall–Kier alpha value is -3.08. The lowest BCUT2D eigenvalue weighted by molar-refractivity contribution is -0.132. The van der Waals surface area contributed by atoms with Crippen molar-refractivity contribution in [2.45, 2.75) is 0 Å². The van der Waals surface area contributed by atoms with E-state index in [9.17, 15) is 9.59 Å². The third kappa shape index (κ3) is 1.51. The van der Waals surface area contributed by atoms with Gasteiger partial charge in [-0.05, 0) is 23.6 Å². The van der Waals surface area contributed by atoms with Crippen LogP contribution in [0.1, 0.15) is 16.2 Å². The second-order valence-electron chi connectivity index (χ2n) is 4.79. The van der Waals surface area contributed by atoms with Crippen LogP contribution >= 0.6 is 0 Å². The number of hydrogen-bond donors (Lipinski definition) is 1. The highest BCUT2D eigenvalue weighted by Crippen LogP contribution is 2.33. The van der Waals surface area contributed by atoms with E-state index < -0.39 is 11.8 Å². The zero-order valence-corrected chi connectivity index (χ0v) is 10.7. The summed E-state index contributed by atoms with van der Waals surface area (Å²) < 4.78 is 0. The smallest absolute Gasteiger partial charge is 0.339 e. The number of carboxylic acid groups (broad SMARTS) is 1. The fraction of sp³-hybridized carbons (Fsp3) is 0. The predicted molar refractivity (Wildman–Crippen MR) is 77.0 cm³/mol. The van der Waals surface area contributed by atoms with Crippen LogP contribution in [0.5, 0.6) is 0 Å². The Kier molecular flexibility index (Phi) is 2.21. The maximum atomic E-state index is 12.2. The predicted octanol–water partition coefficient (Wildman–Crippen LogP) is 2.45. The van der Waals surface area contributed by atoms with Crippen molar-refractivity contribution in [3.8, 4) is 0 Å². The molecule has 1 aromatic carbocycles. The van der Waals surface area contributed by atoms with Gasteiger partial charge in [-0.15, -0.1) is 0 Å². The van der Waals surface area contributed by atoms with E-state index in [1.165, 1.54) is 12.3 Å². The molecule has 0 atom stereocenters. The Bertz CT molecular complexity index is 989. The number of fused-ring (bicyclic) bond motifs is 2. The Morgan fingerprint density at radius 2 is 1.90 bits per heavy atom. The van der Waals surface area contributed by atoms with Crippen LogP contribution < -0.4 is 0 Å². The molecule has 0 amide bonds. The minimum absolute atomic E-state index is 0.153. The minimum atomic E-state index is -1.26. The number of Topliss-reactive ketones (excluding diaryl/α,β-unsaturated/α-hetero) is 1. The standard InChI is InChI=1S/C16H8N2O3/c19-15-10(16(20)21)7-12-13-9(5-6-17-14(13)15)8-3-1-2-4-11(8)18-12/h1-7H,(H,20,21). The van der Waals surface area contributed by atoms with Gasteiger partial charge in [0.1, 0.15) is 11.3 Å². The van der Waals surface area contributed by atoms with Crippen LogP contribution in [0.15, 0.2) is 42.1 Å². The molecule has 100 valence electrons. The van der Waals surface area contributed by atoms with Gasteiger partial charge in [-0.3, -0.25) is 9.78 Å². The summed E-state index contributed by atoms with van der Waals surface area (Å²) in [4.78, 5) is 32.0. The van der Waals surface area contributed by atoms with Gasteiger partial charge in [-0.25, -0.2) is 9.78 Å². The third-order valence-electron chi connectivity index (χ3n) is 3.61. The average Bonchev–Trinajstić information content (AvgIpc) is 2.50. The molecule has 0 bridgehead atoms. The summed E-state index contributed by atoms with van der Waals surface area (Å²) in [6.07, 6.45) is 2.85. The average molecular weight is 276 g/mol. The molecule has 21 heavy (non-hydrogen) atoms. The molecule has 2 aromatic heterocycles. The van der Waals surface area contributed by atoms with Crippen molar-refractivity contribution in [3.63, 3.8) is 0 Å². The van der Waals surface area contributed by atoms with Crippen LogP contribution in [0.3, 0.4) is 0 Å². The maximum Gasteiger partial charge on any atom is 0.339 e. The van der Waals surface area contributed by atoms with Crippen LogP contribution in [0.25, 0.3) is 27.8 Å². The molecule has 0 unspecified atom stereocenters. The summed E-state index contributed by atoms with van der Waals surface area (Å²) >= 11 is 0. The number of nitrogens with zero attached hydrogens (tertiary/aromatic N) is 2. The van der Waals surface area contributed by atoms with E-state index in [1.807, 2.05) is 30.3 Å². The molecule has 1 N–H and O–H groups in total. The molecule has 5 nitrogen and oxygen atoms in total. The third-order valence-corrected chi connectivity index (χ3v) is 3.61. The molecule has 4 rings (SSSR count). The molecule has 2 heterocycles. The highest BCUT2D eigenvalue weighted by molar-refractivity contribution is 6.33. The first-order valence-corrected chi connectivity index (χ1v) is 6.34. The van der Waals surface area contributed by atoms with Crippen molar-refractivity contribution in [2.75, 3.05) is 0 Å². The van der Waals surface area contributed by atoms with E-state index in [1.54, 1.807) is 0 Å². The molecule has 0 radical (unpaired) electrons. The van der Waals surface area contributed by atoms with Crippen molar-refractivity contribution < 1.29 is 14.7 Å². The second-order valence-corrected chi connectivity index (χ2v) is 4.79. The van der Waals surface area contributed by atoms with Gasteiger partial charge < -0.3 is 5.11 Å². The first-order chi connectivity index (χ1) is 10.2. The van der Waals surface area contributed by atoms with Gasteiger partial charge in [0.2, 0.25) is 5.78 Å². The number of benzene rings is 1. The van der Waals surface area contributed by atoms with E-state index in [0.29, 0.717) is 11.1 Å². The van der Waals surface area contributed by atoms with Crippen molar-refractivity contribution in [1.82, 2.24) is 9.97 Å². The molecular weight excluding hydrogens is 268 g/mol. The van der Waals surface area contributed by atoms with Gasteiger partial charge in [0.15, 0.2) is 0 Å². The summed E-state index contributed by atoms with van der Waals surface area (Å²) in [7, 11) is 0. The van der Waals surface area contributed by atoms with Crippen molar-refractivity contribution in [3.05, 3.63) is 53.5 Å². The summed E-state index contributed by atoms with van der Waals surface area (Å²) in [6, 6.07) is 9.36. The van der Waals surface area contributed by atoms with Crippen LogP contribution in [-0.4, -0.2) is 26.8 Å². The minimum Gasteiger partial charge on any atom is -0.478 e. The zero-order valence-electron chi connectivity index (χ0n) is 10.7. The molecule has 1 aliphatic carbocycles. The first-order valence-electron chi connectivity index (χ1n) is 6.34. The highest BCUT2D eigenvalue weighted by atomic mass is 16.4. The maximum absolute atomic E-state index is 12.2. The summed E-state index contributed by atoms with van der Waals surface area (Å²) in [6.45, 7) is 0. The van der Waals surface area contributed by atoms with E-state index in [2.05, 4.69) is 9.97 Å². The Labute approximate surface area is 118 Å². The number of carbonyl (C=O) groups excluding carboxylic acids is 1. The lowest BCUT2D eigenvalue weighted by Crippen LogP contribution is -2.18. The number of ketones is 1. The molecule has 1 aliphatic rings. The Morgan fingerprint density at radius 1 is 1.10 bits per heavy atom. The Balaban J connectivity index is 2.24. The van der Waals surface area contributed by atoms with Gasteiger partial charge in [0, 0.05) is 17.0 Å². The van der Waals surface area contributed by atoms with Gasteiger partial charge in [-0.1, -0.05) is 18.2 Å². The molecule has 0 saturated heterocycles. The van der Waals surface area contributed by atoms with Crippen molar-refractivity contribution in [2.24, 2.45) is 0 Å². The Morgan fingerprint density at radius 3 is 2.71 bits per heavy atom. The number of rotatable bonds is 1. The van der Waals surface area contributed by atoms with Crippen LogP contribution in [0.4, 0.5) is 0 Å². The van der Waals surface area contributed by atoms with Crippen molar-refractivity contribution in [1.29, 1.82) is 0 Å². The van der Waals surface area contributed by atoms with Gasteiger partial charge in [-0.2, -0.15) is 0 Å². The quantitative estimate of drug-likeness (QED) is 0.545. The molecule has 5 heteroatoms. The monoisotopic (exact) mass is 276 g/mol. The normalized spacial score (nSPS) is 13.5. The number of pyridine rings is 2. The van der Waals surface area contributed by atoms with E-state index in [4.69, 9.17) is 5.11 Å². The molecule has 0 saturated carbocycles. The van der Waals surface area contributed by atoms with Gasteiger partial charge >= 0.3 is 5.97 Å². The van der Waals surface area contributed by atoms with E-state index in [-0.39, 0.29) is 11.3 Å². The first kappa shape index (κ1) is 11.7. The number of carboxylic acids is 1. The lowest BCUT2D eigenvalue weighted by Gasteiger charge is -2.14. The zero-order chi connectivity index (χ0) is 14.6. The van der Waals surface area contributed by atoms with Crippen LogP contribution in [0, 0.1) is 0 Å². The van der Waals surface area contributed by atoms with E-state index in [0.717, 1.165) is 16.3 Å². The fourth-order valence-corrected chi connectivity index (χ4v) is 2.70. The largest absolute Gasteiger partial charge is 0.478 e.